The fraction of sp³-hybridized carbons (Fsp3) is 0.353. The van der Waals surface area contributed by atoms with Gasteiger partial charge in [0.15, 0.2) is 10.8 Å². The molecule has 4 amide bonds. The molecule has 2 aliphatic rings. The Morgan fingerprint density at radius 1 is 0.820 bits per heavy atom. The van der Waals surface area contributed by atoms with Gasteiger partial charge in [0, 0.05) is 43.6 Å². The molecule has 464 valence electrons. The molecule has 21 heteroatoms. The predicted octanol–water partition coefficient (Wildman–Crippen LogP) is 13.1. The maximum atomic E-state index is 14.9. The van der Waals surface area contributed by atoms with E-state index in [1.807, 2.05) is 97.6 Å². The van der Waals surface area contributed by atoms with Gasteiger partial charge in [0.1, 0.15) is 35.0 Å². The van der Waals surface area contributed by atoms with Crippen LogP contribution in [-0.2, 0) is 38.5 Å². The van der Waals surface area contributed by atoms with Gasteiger partial charge in [-0.05, 0) is 147 Å². The SMILES string of the molecule is Cc1ncsc1-c1ccc([C@H](C)NC(=O)[C@@H]2C[C@@H](O)CN2C(=O)[C@@H](NC(=O)C[C@@H](Cc2ccc(Oc3cccc(-c4ccc(N5CCc6cccc(C(=O)Nc7nc8ccccc8s7)c6C5)nc4C(=O)OC(C)(C)C)c3C)cc2)C(F)(F)F)C(C)(C)C)cc1. The van der Waals surface area contributed by atoms with Crippen LogP contribution >= 0.6 is 22.7 Å². The number of carbonyl (C=O) groups excluding carboxylic acids is 5. The summed E-state index contributed by atoms with van der Waals surface area (Å²) in [5, 5.41) is 19.8. The number of aryl methyl sites for hydroxylation is 1. The summed E-state index contributed by atoms with van der Waals surface area (Å²) in [6.45, 7) is 16.6. The van der Waals surface area contributed by atoms with Crippen LogP contribution in [0.5, 0.6) is 11.5 Å². The molecule has 1 saturated heterocycles. The summed E-state index contributed by atoms with van der Waals surface area (Å²) < 4.78 is 57.9. The Morgan fingerprint density at radius 2 is 1.55 bits per heavy atom. The Hall–Kier alpha value is -8.53. The average Bonchev–Trinajstić information content (AvgIpc) is 2.90. The summed E-state index contributed by atoms with van der Waals surface area (Å²) in [5.74, 6) is -4.06. The summed E-state index contributed by atoms with van der Waals surface area (Å²) in [6.07, 6.45) is -6.85. The number of rotatable bonds is 17. The fourth-order valence-electron chi connectivity index (χ4n) is 11.3. The molecular formula is C68H71F3N8O8S2. The lowest BCUT2D eigenvalue weighted by atomic mass is 9.85. The number of pyridine rings is 1. The van der Waals surface area contributed by atoms with Gasteiger partial charge in [-0.25, -0.2) is 19.7 Å². The van der Waals surface area contributed by atoms with E-state index in [2.05, 4.69) is 25.9 Å². The van der Waals surface area contributed by atoms with Crippen molar-refractivity contribution >= 4 is 73.4 Å². The molecular weight excluding hydrogens is 1180 g/mol. The van der Waals surface area contributed by atoms with E-state index in [4.69, 9.17) is 14.5 Å². The second-order valence-corrected chi connectivity index (χ2v) is 26.7. The van der Waals surface area contributed by atoms with Crippen molar-refractivity contribution in [1.29, 1.82) is 0 Å². The molecule has 0 radical (unpaired) electrons. The Morgan fingerprint density at radius 3 is 2.24 bits per heavy atom. The van der Waals surface area contributed by atoms with Crippen LogP contribution in [0.2, 0.25) is 0 Å². The molecule has 0 bridgehead atoms. The molecule has 0 aliphatic carbocycles. The smallest absolute Gasteiger partial charge is 0.392 e. The maximum Gasteiger partial charge on any atom is 0.392 e. The molecule has 0 saturated carbocycles. The van der Waals surface area contributed by atoms with Crippen molar-refractivity contribution < 1.29 is 51.7 Å². The molecule has 1 fully saturated rings. The zero-order chi connectivity index (χ0) is 63.7. The number of hydrogen-bond acceptors (Lipinski definition) is 14. The third-order valence-electron chi connectivity index (χ3n) is 16.0. The lowest BCUT2D eigenvalue weighted by Gasteiger charge is -2.36. The number of ether oxygens (including phenoxy) is 2. The molecule has 0 unspecified atom stereocenters. The first-order chi connectivity index (χ1) is 42.2. The van der Waals surface area contributed by atoms with Gasteiger partial charge in [-0.1, -0.05) is 105 Å². The van der Waals surface area contributed by atoms with Crippen LogP contribution in [0.25, 0.3) is 31.8 Å². The zero-order valence-electron chi connectivity index (χ0n) is 51.0. The number of β-amino-alcohol motifs (C(OH)–C–C–N with tert-alkyl or cyclic N) is 1. The fourth-order valence-corrected chi connectivity index (χ4v) is 13.0. The van der Waals surface area contributed by atoms with E-state index in [0.29, 0.717) is 64.2 Å². The minimum Gasteiger partial charge on any atom is -0.457 e. The zero-order valence-corrected chi connectivity index (χ0v) is 52.6. The number of alkyl halides is 3. The summed E-state index contributed by atoms with van der Waals surface area (Å²) in [6, 6.07) is 33.2. The number of anilines is 2. The second-order valence-electron chi connectivity index (χ2n) is 24.8. The predicted molar refractivity (Wildman–Crippen MR) is 339 cm³/mol. The summed E-state index contributed by atoms with van der Waals surface area (Å²) in [5.41, 5.74) is 7.85. The van der Waals surface area contributed by atoms with E-state index >= 15 is 0 Å². The molecule has 3 aromatic heterocycles. The van der Waals surface area contributed by atoms with Crippen molar-refractivity contribution in [3.05, 3.63) is 172 Å². The highest BCUT2D eigenvalue weighted by atomic mass is 32.1. The molecule has 2 aliphatic heterocycles. The monoisotopic (exact) mass is 1250 g/mol. The topological polar surface area (TPSA) is 205 Å². The quantitative estimate of drug-likeness (QED) is 0.0629. The first kappa shape index (κ1) is 63.5. The van der Waals surface area contributed by atoms with E-state index in [-0.39, 0.29) is 30.1 Å². The number of aliphatic hydroxyl groups excluding tert-OH is 1. The van der Waals surface area contributed by atoms with Crippen molar-refractivity contribution in [3.8, 4) is 33.1 Å². The normalized spacial score (nSPS) is 16.3. The van der Waals surface area contributed by atoms with Gasteiger partial charge < -0.3 is 35.0 Å². The van der Waals surface area contributed by atoms with Gasteiger partial charge in [-0.15, -0.1) is 11.3 Å². The molecule has 5 aromatic carbocycles. The van der Waals surface area contributed by atoms with Crippen molar-refractivity contribution in [2.75, 3.05) is 23.3 Å². The summed E-state index contributed by atoms with van der Waals surface area (Å²) >= 11 is 2.92. The highest BCUT2D eigenvalue weighted by Gasteiger charge is 2.46. The number of nitrogens with one attached hydrogen (secondary N) is 3. The number of likely N-dealkylation sites (tertiary alicyclic amines) is 1. The van der Waals surface area contributed by atoms with E-state index in [9.17, 15) is 42.3 Å². The number of thiazole rings is 2. The molecule has 5 atom stereocenters. The van der Waals surface area contributed by atoms with Gasteiger partial charge in [0.25, 0.3) is 5.91 Å². The number of halogens is 3. The Labute approximate surface area is 522 Å². The number of aliphatic hydroxyl groups is 1. The number of para-hydroxylation sites is 1. The number of carbonyl (C=O) groups is 5. The summed E-state index contributed by atoms with van der Waals surface area (Å²) in [7, 11) is 0. The third kappa shape index (κ3) is 14.8. The third-order valence-corrected chi connectivity index (χ3v) is 17.9. The first-order valence-electron chi connectivity index (χ1n) is 29.5. The maximum absolute atomic E-state index is 14.9. The van der Waals surface area contributed by atoms with E-state index in [0.717, 1.165) is 43.0 Å². The van der Waals surface area contributed by atoms with Crippen molar-refractivity contribution in [1.82, 2.24) is 30.5 Å². The van der Waals surface area contributed by atoms with Crippen molar-refractivity contribution in [3.63, 3.8) is 0 Å². The Balaban J connectivity index is 0.801. The molecule has 8 aromatic rings. The van der Waals surface area contributed by atoms with Gasteiger partial charge in [-0.2, -0.15) is 13.2 Å². The number of nitrogens with zero attached hydrogens (tertiary/aromatic N) is 5. The average molecular weight is 1250 g/mol. The molecule has 5 heterocycles. The second kappa shape index (κ2) is 25.9. The highest BCUT2D eigenvalue weighted by Crippen LogP contribution is 2.39. The molecule has 10 rings (SSSR count). The number of amides is 4. The molecule has 89 heavy (non-hydrogen) atoms. The number of aromatic nitrogens is 3. The van der Waals surface area contributed by atoms with E-state index < -0.39 is 83.9 Å². The molecule has 0 spiro atoms. The highest BCUT2D eigenvalue weighted by molar-refractivity contribution is 7.22. The number of benzene rings is 5. The minimum atomic E-state index is -4.81. The van der Waals surface area contributed by atoms with Crippen molar-refractivity contribution in [2.45, 2.75) is 131 Å². The van der Waals surface area contributed by atoms with Crippen LogP contribution in [0.15, 0.2) is 127 Å². The standard InChI is InChI=1S/C68H71F3N8O8S2/c1-38-48(49-28-29-56(75-58(49)64(85)87-67(7,8)9)78-31-30-43-14-12-16-50(51(43)36-78)61(82)77-65-74-52-17-10-11-19-55(52)89-65)15-13-18-54(38)86-47-26-20-41(21-27-47)32-45(68(69,70)71)33-57(81)76-60(66(4,5)6)63(84)79-35-46(80)34-53(79)62(83)73-39(2)42-22-24-44(25-23-42)59-40(3)72-37-88-59/h10-29,37,39,45-46,53,60,80H,30-36H2,1-9H3,(H,73,83)(H,76,81)(H,74,77,82)/t39-,45+,46+,53-,60+/m0/s1. The lowest BCUT2D eigenvalue weighted by molar-refractivity contribution is -0.179. The Kier molecular flexibility index (Phi) is 18.5. The van der Waals surface area contributed by atoms with Crippen molar-refractivity contribution in [2.24, 2.45) is 11.3 Å². The Bertz CT molecular complexity index is 3920. The van der Waals surface area contributed by atoms with E-state index in [1.54, 1.807) is 72.2 Å². The van der Waals surface area contributed by atoms with Crippen LogP contribution in [0.3, 0.4) is 0 Å². The van der Waals surface area contributed by atoms with Crippen LogP contribution in [0.1, 0.15) is 122 Å². The van der Waals surface area contributed by atoms with Crippen LogP contribution < -0.4 is 25.6 Å². The molecule has 16 nitrogen and oxygen atoms in total. The lowest BCUT2D eigenvalue weighted by Crippen LogP contribution is -2.58. The molecule has 4 N–H and O–H groups in total. The largest absolute Gasteiger partial charge is 0.457 e. The van der Waals surface area contributed by atoms with Gasteiger partial charge >= 0.3 is 12.1 Å². The summed E-state index contributed by atoms with van der Waals surface area (Å²) in [4.78, 5) is 88.1. The van der Waals surface area contributed by atoms with E-state index in [1.165, 1.54) is 51.8 Å². The van der Waals surface area contributed by atoms with Crippen LogP contribution in [0.4, 0.5) is 24.1 Å². The number of hydrogen-bond donors (Lipinski definition) is 4. The number of esters is 1. The minimum absolute atomic E-state index is 0.0646. The first-order valence-corrected chi connectivity index (χ1v) is 31.2. The van der Waals surface area contributed by atoms with Gasteiger partial charge in [0.05, 0.1) is 44.4 Å². The van der Waals surface area contributed by atoms with Gasteiger partial charge in [0.2, 0.25) is 17.7 Å². The number of fused-ring (bicyclic) bond motifs is 2. The van der Waals surface area contributed by atoms with Gasteiger partial charge in [-0.3, -0.25) is 24.5 Å². The van der Waals surface area contributed by atoms with Crippen LogP contribution in [0, 0.1) is 25.2 Å². The van der Waals surface area contributed by atoms with Crippen LogP contribution in [-0.4, -0.2) is 97.6 Å².